The van der Waals surface area contributed by atoms with Crippen molar-refractivity contribution >= 4 is 29.2 Å². The lowest BCUT2D eigenvalue weighted by molar-refractivity contribution is 0.0696. The number of hydrogen-bond donors (Lipinski definition) is 2. The number of aromatic carboxylic acids is 1. The summed E-state index contributed by atoms with van der Waals surface area (Å²) in [5, 5.41) is 12.6. The summed E-state index contributed by atoms with van der Waals surface area (Å²) in [4.78, 5) is 24.2. The second-order valence-electron chi connectivity index (χ2n) is 6.38. The van der Waals surface area contributed by atoms with Crippen LogP contribution in [0, 0.1) is 0 Å². The fourth-order valence-electron chi connectivity index (χ4n) is 2.86. The minimum absolute atomic E-state index is 0.0101. The molecule has 1 aliphatic heterocycles. The molecule has 0 fully saturated rings. The molecule has 0 spiro atoms. The van der Waals surface area contributed by atoms with E-state index in [0.717, 1.165) is 0 Å². The van der Waals surface area contributed by atoms with Gasteiger partial charge in [-0.2, -0.15) is 0 Å². The summed E-state index contributed by atoms with van der Waals surface area (Å²) in [5.74, 6) is 0.243. The Morgan fingerprint density at radius 2 is 1.60 bits per heavy atom. The first kappa shape index (κ1) is 19.6. The molecule has 1 aliphatic rings. The Hall–Kier alpha value is -3.71. The maximum absolute atomic E-state index is 12.8. The highest BCUT2D eigenvalue weighted by molar-refractivity contribution is 6.30. The van der Waals surface area contributed by atoms with Crippen molar-refractivity contribution in [3.63, 3.8) is 0 Å². The molecule has 4 rings (SSSR count). The Balaban J connectivity index is 1.62. The molecule has 0 saturated carbocycles. The minimum atomic E-state index is -1.12. The topological polar surface area (TPSA) is 94.1 Å². The van der Waals surface area contributed by atoms with Crippen molar-refractivity contribution in [3.05, 3.63) is 76.8 Å². The van der Waals surface area contributed by atoms with Gasteiger partial charge in [0.15, 0.2) is 17.2 Å². The first-order chi connectivity index (χ1) is 14.5. The van der Waals surface area contributed by atoms with Crippen molar-refractivity contribution in [2.45, 2.75) is 0 Å². The van der Waals surface area contributed by atoms with Gasteiger partial charge in [0.1, 0.15) is 19.0 Å². The Labute approximate surface area is 176 Å². The van der Waals surface area contributed by atoms with E-state index in [1.807, 2.05) is 0 Å². The predicted octanol–water partition coefficient (Wildman–Crippen LogP) is 4.85. The first-order valence-corrected chi connectivity index (χ1v) is 9.39. The average Bonchev–Trinajstić information content (AvgIpc) is 2.76. The molecule has 7 nitrogen and oxygen atoms in total. The number of halogens is 1. The molecule has 3 aromatic carbocycles. The molecule has 3 aromatic rings. The Kier molecular flexibility index (Phi) is 5.45. The molecule has 0 atom stereocenters. The zero-order chi connectivity index (χ0) is 21.1. The zero-order valence-electron chi connectivity index (χ0n) is 15.6. The van der Waals surface area contributed by atoms with Crippen LogP contribution < -0.4 is 19.5 Å². The van der Waals surface area contributed by atoms with E-state index in [9.17, 15) is 14.7 Å². The molecule has 0 aliphatic carbocycles. The number of anilines is 1. The number of rotatable bonds is 5. The summed E-state index contributed by atoms with van der Waals surface area (Å²) in [6, 6.07) is 15.7. The van der Waals surface area contributed by atoms with Crippen LogP contribution in [0.2, 0.25) is 5.02 Å². The molecule has 0 saturated heterocycles. The van der Waals surface area contributed by atoms with E-state index in [-0.39, 0.29) is 17.0 Å². The molecule has 0 bridgehead atoms. The van der Waals surface area contributed by atoms with E-state index in [2.05, 4.69) is 5.32 Å². The Morgan fingerprint density at radius 3 is 2.33 bits per heavy atom. The lowest BCUT2D eigenvalue weighted by atomic mass is 10.1. The van der Waals surface area contributed by atoms with Crippen molar-refractivity contribution in [1.82, 2.24) is 0 Å². The van der Waals surface area contributed by atoms with Gasteiger partial charge in [-0.05, 0) is 60.7 Å². The number of ether oxygens (including phenoxy) is 3. The van der Waals surface area contributed by atoms with Gasteiger partial charge >= 0.3 is 5.97 Å². The van der Waals surface area contributed by atoms with Gasteiger partial charge in [-0.3, -0.25) is 4.79 Å². The second-order valence-corrected chi connectivity index (χ2v) is 6.82. The number of amides is 1. The van der Waals surface area contributed by atoms with Crippen molar-refractivity contribution in [1.29, 1.82) is 0 Å². The number of carboxylic acid groups (broad SMARTS) is 1. The summed E-state index contributed by atoms with van der Waals surface area (Å²) >= 11 is 5.89. The smallest absolute Gasteiger partial charge is 0.335 e. The summed E-state index contributed by atoms with van der Waals surface area (Å²) in [7, 11) is 0. The van der Waals surface area contributed by atoms with Crippen LogP contribution in [0.1, 0.15) is 20.7 Å². The van der Waals surface area contributed by atoms with Crippen LogP contribution >= 0.6 is 11.6 Å². The van der Waals surface area contributed by atoms with E-state index in [1.165, 1.54) is 18.2 Å². The van der Waals surface area contributed by atoms with Crippen LogP contribution in [0.15, 0.2) is 60.7 Å². The zero-order valence-corrected chi connectivity index (χ0v) is 16.3. The van der Waals surface area contributed by atoms with Gasteiger partial charge < -0.3 is 24.6 Å². The molecule has 30 heavy (non-hydrogen) atoms. The summed E-state index contributed by atoms with van der Waals surface area (Å²) in [6.45, 7) is 0.851. The highest BCUT2D eigenvalue weighted by Gasteiger charge is 2.17. The van der Waals surface area contributed by atoms with E-state index < -0.39 is 11.9 Å². The third-order valence-corrected chi connectivity index (χ3v) is 4.57. The van der Waals surface area contributed by atoms with E-state index in [0.29, 0.717) is 41.0 Å². The van der Waals surface area contributed by atoms with Gasteiger partial charge in [-0.1, -0.05) is 11.6 Å². The molecule has 2 N–H and O–H groups in total. The quantitative estimate of drug-likeness (QED) is 0.606. The number of carbonyl (C=O) groups is 2. The number of carbonyl (C=O) groups excluding carboxylic acids is 1. The molecule has 152 valence electrons. The highest BCUT2D eigenvalue weighted by atomic mass is 35.5. The SMILES string of the molecule is O=C(O)c1ccc(Oc2ccc(Cl)cc2)c(NC(=O)c2ccc3c(c2)OCCO3)c1. The van der Waals surface area contributed by atoms with E-state index in [4.69, 9.17) is 25.8 Å². The van der Waals surface area contributed by atoms with E-state index >= 15 is 0 Å². The highest BCUT2D eigenvalue weighted by Crippen LogP contribution is 2.33. The average molecular weight is 426 g/mol. The maximum Gasteiger partial charge on any atom is 0.335 e. The van der Waals surface area contributed by atoms with Crippen molar-refractivity contribution in [2.24, 2.45) is 0 Å². The molecule has 8 heteroatoms. The Morgan fingerprint density at radius 1 is 0.900 bits per heavy atom. The lowest BCUT2D eigenvalue weighted by Gasteiger charge is -2.19. The number of carboxylic acids is 1. The fourth-order valence-corrected chi connectivity index (χ4v) is 2.98. The number of fused-ring (bicyclic) bond motifs is 1. The molecule has 0 radical (unpaired) electrons. The summed E-state index contributed by atoms with van der Waals surface area (Å²) in [6.07, 6.45) is 0. The predicted molar refractivity (Wildman–Crippen MR) is 110 cm³/mol. The van der Waals surface area contributed by atoms with Crippen molar-refractivity contribution in [2.75, 3.05) is 18.5 Å². The van der Waals surface area contributed by atoms with Crippen LogP contribution in [0.3, 0.4) is 0 Å². The minimum Gasteiger partial charge on any atom is -0.486 e. The molecular weight excluding hydrogens is 410 g/mol. The van der Waals surface area contributed by atoms with Gasteiger partial charge in [0, 0.05) is 10.6 Å². The third kappa shape index (κ3) is 4.31. The molecule has 1 heterocycles. The second kappa shape index (κ2) is 8.34. The third-order valence-electron chi connectivity index (χ3n) is 4.32. The normalized spacial score (nSPS) is 12.2. The molecule has 1 amide bonds. The maximum atomic E-state index is 12.8. The number of hydrogen-bond acceptors (Lipinski definition) is 5. The first-order valence-electron chi connectivity index (χ1n) is 9.01. The van der Waals surface area contributed by atoms with Gasteiger partial charge in [0.2, 0.25) is 0 Å². The van der Waals surface area contributed by atoms with Gasteiger partial charge in [0.05, 0.1) is 11.3 Å². The molecule has 0 aromatic heterocycles. The van der Waals surface area contributed by atoms with Gasteiger partial charge in [0.25, 0.3) is 5.91 Å². The number of nitrogens with one attached hydrogen (secondary N) is 1. The van der Waals surface area contributed by atoms with E-state index in [1.54, 1.807) is 42.5 Å². The van der Waals surface area contributed by atoms with Crippen LogP contribution in [-0.4, -0.2) is 30.2 Å². The van der Waals surface area contributed by atoms with Gasteiger partial charge in [-0.25, -0.2) is 4.79 Å². The number of benzene rings is 3. The van der Waals surface area contributed by atoms with Gasteiger partial charge in [-0.15, -0.1) is 0 Å². The standard InChI is InChI=1S/C22H16ClNO6/c23-15-3-5-16(6-4-15)30-18-7-2-14(22(26)27)11-17(18)24-21(25)13-1-8-19-20(12-13)29-10-9-28-19/h1-8,11-12H,9-10H2,(H,24,25)(H,26,27). The monoisotopic (exact) mass is 425 g/mol. The van der Waals surface area contributed by atoms with Crippen LogP contribution in [0.4, 0.5) is 5.69 Å². The van der Waals surface area contributed by atoms with Crippen molar-refractivity contribution < 1.29 is 28.9 Å². The Bertz CT molecular complexity index is 1110. The van der Waals surface area contributed by atoms with Crippen LogP contribution in [0.5, 0.6) is 23.0 Å². The van der Waals surface area contributed by atoms with Crippen LogP contribution in [-0.2, 0) is 0 Å². The molecular formula is C22H16ClNO6. The largest absolute Gasteiger partial charge is 0.486 e. The van der Waals surface area contributed by atoms with Crippen molar-refractivity contribution in [3.8, 4) is 23.0 Å². The summed E-state index contributed by atoms with van der Waals surface area (Å²) in [5.41, 5.74) is 0.554. The lowest BCUT2D eigenvalue weighted by Crippen LogP contribution is -2.17. The summed E-state index contributed by atoms with van der Waals surface area (Å²) < 4.78 is 16.8. The molecule has 0 unspecified atom stereocenters. The van der Waals surface area contributed by atoms with Crippen LogP contribution in [0.25, 0.3) is 0 Å². The fraction of sp³-hybridized carbons (Fsp3) is 0.0909.